The first-order chi connectivity index (χ1) is 13.1. The Hall–Kier alpha value is -2.86. The van der Waals surface area contributed by atoms with Crippen LogP contribution >= 0.6 is 15.9 Å². The van der Waals surface area contributed by atoms with Crippen molar-refractivity contribution < 1.29 is 9.52 Å². The van der Waals surface area contributed by atoms with Crippen LogP contribution in [0.5, 0.6) is 5.75 Å². The molecule has 5 N–H and O–H groups in total. The normalized spacial score (nSPS) is 7.48. The number of fused-ring (bicyclic) bond motifs is 1. The lowest BCUT2D eigenvalue weighted by molar-refractivity contribution is 0.476. The van der Waals surface area contributed by atoms with E-state index in [1.54, 1.807) is 29.4 Å². The highest BCUT2D eigenvalue weighted by Gasteiger charge is 1.99. The number of halogens is 1. The number of rotatable bonds is 0. The quantitative estimate of drug-likeness (QED) is 0.436. The molecule has 3 rings (SSSR count). The first kappa shape index (κ1) is 28.9. The molecule has 0 amide bonds. The number of nitriles is 1. The Labute approximate surface area is 169 Å². The van der Waals surface area contributed by atoms with Crippen LogP contribution in [0.3, 0.4) is 0 Å². The highest BCUT2D eigenvalue weighted by molar-refractivity contribution is 9.12. The number of hydrogen-bond donors (Lipinski definition) is 3. The summed E-state index contributed by atoms with van der Waals surface area (Å²) in [7, 11) is 0. The second-order valence-corrected chi connectivity index (χ2v) is 3.72. The molecule has 8 nitrogen and oxygen atoms in total. The highest BCUT2D eigenvalue weighted by Crippen LogP contribution is 2.13. The fraction of sp³-hybridized carbons (Fsp3) is 0.333. The van der Waals surface area contributed by atoms with E-state index in [0.717, 1.165) is 0 Å². The van der Waals surface area contributed by atoms with E-state index in [9.17, 15) is 0 Å². The molecule has 0 saturated heterocycles. The largest absolute Gasteiger partial charge is 0.504 e. The smallest absolute Gasteiger partial charge is 0.294 e. The van der Waals surface area contributed by atoms with Gasteiger partial charge in [-0.25, -0.2) is 9.97 Å². The fourth-order valence-electron chi connectivity index (χ4n) is 1.19. The first-order valence-electron chi connectivity index (χ1n) is 8.44. The molecule has 0 spiro atoms. The number of pyridine rings is 2. The van der Waals surface area contributed by atoms with Crippen molar-refractivity contribution in [3.05, 3.63) is 36.7 Å². The molecule has 0 radical (unpaired) electrons. The monoisotopic (exact) mass is 440 g/mol. The minimum atomic E-state index is 0.0347. The summed E-state index contributed by atoms with van der Waals surface area (Å²) in [6, 6.07) is 6.81. The fourth-order valence-corrected chi connectivity index (χ4v) is 1.19. The highest BCUT2D eigenvalue weighted by atomic mass is 79.9. The van der Waals surface area contributed by atoms with Crippen LogP contribution < -0.4 is 11.5 Å². The van der Waals surface area contributed by atoms with Gasteiger partial charge in [0.05, 0.1) is 0 Å². The van der Waals surface area contributed by atoms with E-state index in [-0.39, 0.29) is 17.6 Å². The van der Waals surface area contributed by atoms with Gasteiger partial charge in [-0.05, 0) is 24.3 Å². The van der Waals surface area contributed by atoms with Crippen LogP contribution in [0.15, 0.2) is 41.1 Å². The van der Waals surface area contributed by atoms with E-state index in [1.165, 1.54) is 12.3 Å². The average Bonchev–Trinajstić information content (AvgIpc) is 3.10. The Kier molecular flexibility index (Phi) is 22.7. The molecular weight excluding hydrogens is 412 g/mol. The molecular formula is C18H29BrN6O2. The Balaban J connectivity index is -0.000000305. The Bertz CT molecular complexity index is 690. The van der Waals surface area contributed by atoms with Gasteiger partial charge in [0.1, 0.15) is 4.98 Å². The van der Waals surface area contributed by atoms with Crippen molar-refractivity contribution in [2.24, 2.45) is 0 Å². The Morgan fingerprint density at radius 3 is 1.89 bits per heavy atom. The molecule has 0 fully saturated rings. The number of aromatic hydroxyl groups is 1. The zero-order valence-electron chi connectivity index (χ0n) is 16.6. The van der Waals surface area contributed by atoms with Crippen LogP contribution in [0, 0.1) is 10.2 Å². The second kappa shape index (κ2) is 21.2. The van der Waals surface area contributed by atoms with Gasteiger partial charge in [-0.3, -0.25) is 0 Å². The van der Waals surface area contributed by atoms with Gasteiger partial charge < -0.3 is 21.0 Å². The van der Waals surface area contributed by atoms with Gasteiger partial charge >= 0.3 is 0 Å². The molecule has 0 unspecified atom stereocenters. The summed E-state index contributed by atoms with van der Waals surface area (Å²) < 4.78 is 4.97. The van der Waals surface area contributed by atoms with E-state index in [4.69, 9.17) is 26.3 Å². The van der Waals surface area contributed by atoms with Crippen molar-refractivity contribution in [3.63, 3.8) is 0 Å². The predicted octanol–water partition coefficient (Wildman–Crippen LogP) is 5.12. The molecule has 0 saturated carbocycles. The third-order valence-electron chi connectivity index (χ3n) is 2.00. The van der Waals surface area contributed by atoms with Crippen molar-refractivity contribution in [1.82, 2.24) is 15.0 Å². The van der Waals surface area contributed by atoms with E-state index >= 15 is 0 Å². The number of aromatic nitrogens is 3. The summed E-state index contributed by atoms with van der Waals surface area (Å²) in [6.07, 6.45) is 3.17. The molecule has 3 aromatic rings. The van der Waals surface area contributed by atoms with Gasteiger partial charge in [-0.1, -0.05) is 41.5 Å². The summed E-state index contributed by atoms with van der Waals surface area (Å²) in [6.45, 7) is 12.0. The topological polar surface area (TPSA) is 148 Å². The zero-order valence-corrected chi connectivity index (χ0v) is 18.2. The van der Waals surface area contributed by atoms with Crippen molar-refractivity contribution in [3.8, 4) is 10.7 Å². The molecule has 150 valence electrons. The Morgan fingerprint density at radius 1 is 1.00 bits per heavy atom. The van der Waals surface area contributed by atoms with E-state index in [0.29, 0.717) is 11.2 Å². The van der Waals surface area contributed by atoms with Gasteiger partial charge in [0.2, 0.25) is 5.65 Å². The zero-order chi connectivity index (χ0) is 21.7. The van der Waals surface area contributed by atoms with Crippen LogP contribution in [0.1, 0.15) is 41.5 Å². The van der Waals surface area contributed by atoms with Crippen molar-refractivity contribution in [2.45, 2.75) is 41.5 Å². The lowest BCUT2D eigenvalue weighted by atomic mass is 10.4. The molecule has 3 aromatic heterocycles. The molecule has 0 aliphatic rings. The maximum atomic E-state index is 8.73. The third-order valence-corrected chi connectivity index (χ3v) is 2.00. The lowest BCUT2D eigenvalue weighted by Gasteiger charge is -1.91. The summed E-state index contributed by atoms with van der Waals surface area (Å²) in [5.41, 5.74) is 11.6. The maximum absolute atomic E-state index is 8.73. The van der Waals surface area contributed by atoms with Gasteiger partial charge in [-0.2, -0.15) is 10.2 Å². The molecule has 0 aromatic carbocycles. The number of nitrogen functional groups attached to an aromatic ring is 2. The third kappa shape index (κ3) is 14.0. The maximum Gasteiger partial charge on any atom is 0.294 e. The number of hydrogen-bond acceptors (Lipinski definition) is 8. The van der Waals surface area contributed by atoms with Crippen molar-refractivity contribution in [2.75, 3.05) is 11.5 Å². The number of nitrogens with two attached hydrogens (primary N) is 2. The van der Waals surface area contributed by atoms with Crippen LogP contribution in [0.2, 0.25) is 0 Å². The summed E-state index contributed by atoms with van der Waals surface area (Å²) in [5, 5.41) is 16.0. The van der Waals surface area contributed by atoms with Gasteiger partial charge in [-0.15, -0.1) is 0 Å². The lowest BCUT2D eigenvalue weighted by Crippen LogP contribution is -1.87. The second-order valence-electron chi connectivity index (χ2n) is 3.37. The van der Waals surface area contributed by atoms with E-state index < -0.39 is 0 Å². The van der Waals surface area contributed by atoms with Gasteiger partial charge in [0.15, 0.2) is 17.2 Å². The molecule has 0 bridgehead atoms. The number of anilines is 2. The minimum absolute atomic E-state index is 0.0347. The van der Waals surface area contributed by atoms with Crippen LogP contribution in [0.4, 0.5) is 11.8 Å². The van der Waals surface area contributed by atoms with E-state index in [1.807, 2.05) is 41.5 Å². The van der Waals surface area contributed by atoms with Crippen LogP contribution in [-0.2, 0) is 0 Å². The molecule has 27 heavy (non-hydrogen) atoms. The summed E-state index contributed by atoms with van der Waals surface area (Å²) in [5.74, 6) is 0.208. The molecule has 0 aliphatic carbocycles. The molecule has 9 heteroatoms. The van der Waals surface area contributed by atoms with Crippen molar-refractivity contribution in [1.29, 1.82) is 5.26 Å². The van der Waals surface area contributed by atoms with Crippen molar-refractivity contribution >= 4 is 39.0 Å². The average molecular weight is 441 g/mol. The van der Waals surface area contributed by atoms with Crippen LogP contribution in [-0.4, -0.2) is 20.1 Å². The van der Waals surface area contributed by atoms with Crippen LogP contribution in [0.25, 0.3) is 11.2 Å². The molecule has 0 aliphatic heterocycles. The number of nitrogens with zero attached hydrogens (tertiary/aromatic N) is 4. The summed E-state index contributed by atoms with van der Waals surface area (Å²) >= 11 is 2.45. The van der Waals surface area contributed by atoms with Gasteiger partial charge in [0.25, 0.3) is 6.01 Å². The van der Waals surface area contributed by atoms with Gasteiger partial charge in [0, 0.05) is 28.3 Å². The standard InChI is InChI=1S/C6H5N3O.C5H6N2O.3C2H6.CBrN/c7-6-9-5-4(10-6)2-1-3-8-5;6-5-4(8)2-1-3-7-5;3*1-2;2-1-3/h1-3H,(H2,7,8,9);1-3,8H,(H2,6,7);3*1-2H3;. The van der Waals surface area contributed by atoms with E-state index in [2.05, 4.69) is 30.9 Å². The first-order valence-corrected chi connectivity index (χ1v) is 9.24. The SMILES string of the molecule is CC.CC.CC.N#CBr.Nc1nc2ncccc2o1.Nc1ncccc1O. The number of oxazole rings is 1. The Morgan fingerprint density at radius 2 is 1.48 bits per heavy atom. The molecule has 3 heterocycles. The predicted molar refractivity (Wildman–Crippen MR) is 115 cm³/mol. The summed E-state index contributed by atoms with van der Waals surface area (Å²) in [4.78, 5) is 12.9. The molecule has 0 atom stereocenters. The minimum Gasteiger partial charge on any atom is -0.504 e.